The number of aryl methyl sites for hydroxylation is 1. The molecule has 1 saturated heterocycles. The quantitative estimate of drug-likeness (QED) is 0.786. The third kappa shape index (κ3) is 3.56. The van der Waals surface area contributed by atoms with Gasteiger partial charge in [0.2, 0.25) is 17.6 Å². The fourth-order valence-electron chi connectivity index (χ4n) is 2.26. The lowest BCUT2D eigenvalue weighted by Crippen LogP contribution is -2.51. The summed E-state index contributed by atoms with van der Waals surface area (Å²) in [5, 5.41) is 7.81. The molecule has 1 aliphatic heterocycles. The van der Waals surface area contributed by atoms with Gasteiger partial charge in [-0.05, 0) is 12.5 Å². The lowest BCUT2D eigenvalue weighted by Gasteiger charge is -2.32. The molecule has 0 unspecified atom stereocenters. The maximum absolute atomic E-state index is 12.2. The highest BCUT2D eigenvalue weighted by Gasteiger charge is 2.27. The van der Waals surface area contributed by atoms with Crippen molar-refractivity contribution in [2.45, 2.75) is 20.3 Å². The number of carbonyl (C=O) groups excluding carboxylic acids is 1. The van der Waals surface area contributed by atoms with Gasteiger partial charge in [-0.15, -0.1) is 0 Å². The third-order valence-corrected chi connectivity index (χ3v) is 3.52. The predicted octanol–water partition coefficient (Wildman–Crippen LogP) is 1.82. The van der Waals surface area contributed by atoms with Crippen LogP contribution < -0.4 is 0 Å². The normalized spacial score (nSPS) is 13.7. The number of oxime groups is 1. The van der Waals surface area contributed by atoms with Gasteiger partial charge in [-0.1, -0.05) is 34.6 Å². The molecular formula is C16H18N4O3. The van der Waals surface area contributed by atoms with Crippen molar-refractivity contribution in [3.05, 3.63) is 35.7 Å². The number of nitrogens with zero attached hydrogens (tertiary/aromatic N) is 4. The van der Waals surface area contributed by atoms with E-state index in [0.29, 0.717) is 37.8 Å². The number of hydrogen-bond donors (Lipinski definition) is 0. The van der Waals surface area contributed by atoms with E-state index in [0.717, 1.165) is 16.8 Å². The number of hydrogen-bond acceptors (Lipinski definition) is 6. The molecule has 0 saturated carbocycles. The molecule has 3 rings (SSSR count). The van der Waals surface area contributed by atoms with E-state index in [1.807, 2.05) is 31.2 Å². The summed E-state index contributed by atoms with van der Waals surface area (Å²) in [4.78, 5) is 23.1. The van der Waals surface area contributed by atoms with Crippen LogP contribution >= 0.6 is 0 Å². The van der Waals surface area contributed by atoms with Crippen molar-refractivity contribution in [2.24, 2.45) is 5.16 Å². The molecule has 23 heavy (non-hydrogen) atoms. The van der Waals surface area contributed by atoms with Crippen molar-refractivity contribution in [3.8, 4) is 11.4 Å². The van der Waals surface area contributed by atoms with Crippen LogP contribution in [0, 0.1) is 6.92 Å². The Morgan fingerprint density at radius 2 is 2.09 bits per heavy atom. The lowest BCUT2D eigenvalue weighted by atomic mass is 10.1. The predicted molar refractivity (Wildman–Crippen MR) is 83.8 cm³/mol. The molecule has 7 nitrogen and oxygen atoms in total. The Labute approximate surface area is 133 Å². The highest BCUT2D eigenvalue weighted by molar-refractivity contribution is 5.99. The maximum Gasteiger partial charge on any atom is 0.227 e. The minimum Gasteiger partial charge on any atom is -0.396 e. The van der Waals surface area contributed by atoms with Gasteiger partial charge in [0.1, 0.15) is 6.61 Å². The maximum atomic E-state index is 12.2. The Bertz CT molecular complexity index is 713. The summed E-state index contributed by atoms with van der Waals surface area (Å²) in [6.07, 6.45) is 0.369. The summed E-state index contributed by atoms with van der Waals surface area (Å²) < 4.78 is 4.96. The first kappa shape index (κ1) is 15.2. The van der Waals surface area contributed by atoms with Crippen molar-refractivity contribution < 1.29 is 14.2 Å². The number of benzene rings is 1. The fraction of sp³-hybridized carbons (Fsp3) is 0.375. The first-order valence-corrected chi connectivity index (χ1v) is 7.51. The van der Waals surface area contributed by atoms with Crippen molar-refractivity contribution >= 4 is 11.6 Å². The molecule has 0 atom stereocenters. The van der Waals surface area contributed by atoms with Gasteiger partial charge in [0.25, 0.3) is 0 Å². The van der Waals surface area contributed by atoms with E-state index in [9.17, 15) is 4.79 Å². The van der Waals surface area contributed by atoms with Gasteiger partial charge in [-0.2, -0.15) is 4.98 Å². The molecule has 2 aromatic rings. The Hall–Kier alpha value is -2.70. The number of carbonyl (C=O) groups is 1. The van der Waals surface area contributed by atoms with Gasteiger partial charge in [-0.3, -0.25) is 4.79 Å². The standard InChI is InChI=1S/C16H18N4O3/c1-3-22-18-14-9-20(10-14)15(21)8-12-4-6-13(7-5-12)16-17-11(2)23-19-16/h4-7H,3,8-10H2,1-2H3. The minimum atomic E-state index is 0.0867. The molecule has 1 aliphatic rings. The van der Waals surface area contributed by atoms with E-state index in [4.69, 9.17) is 9.36 Å². The number of likely N-dealkylation sites (tertiary alicyclic amines) is 1. The Kier molecular flexibility index (Phi) is 4.36. The van der Waals surface area contributed by atoms with E-state index in [1.54, 1.807) is 11.8 Å². The number of amides is 1. The van der Waals surface area contributed by atoms with Crippen LogP contribution in [0.25, 0.3) is 11.4 Å². The zero-order chi connectivity index (χ0) is 16.2. The summed E-state index contributed by atoms with van der Waals surface area (Å²) in [6, 6.07) is 7.61. The van der Waals surface area contributed by atoms with Crippen molar-refractivity contribution in [1.82, 2.24) is 15.0 Å². The molecule has 0 bridgehead atoms. The van der Waals surface area contributed by atoms with Crippen LogP contribution in [0.2, 0.25) is 0 Å². The summed E-state index contributed by atoms with van der Waals surface area (Å²) in [5.41, 5.74) is 2.73. The largest absolute Gasteiger partial charge is 0.396 e. The van der Waals surface area contributed by atoms with Gasteiger partial charge in [0.15, 0.2) is 0 Å². The summed E-state index contributed by atoms with van der Waals surface area (Å²) in [7, 11) is 0. The van der Waals surface area contributed by atoms with Crippen LogP contribution in [-0.4, -0.2) is 46.4 Å². The van der Waals surface area contributed by atoms with Crippen LogP contribution in [0.1, 0.15) is 18.4 Å². The second-order valence-corrected chi connectivity index (χ2v) is 5.34. The highest BCUT2D eigenvalue weighted by atomic mass is 16.6. The van der Waals surface area contributed by atoms with E-state index in [1.165, 1.54) is 0 Å². The van der Waals surface area contributed by atoms with E-state index < -0.39 is 0 Å². The second kappa shape index (κ2) is 6.60. The van der Waals surface area contributed by atoms with E-state index in [2.05, 4.69) is 15.3 Å². The van der Waals surface area contributed by atoms with E-state index >= 15 is 0 Å². The SMILES string of the molecule is CCON=C1CN(C(=O)Cc2ccc(-c3noc(C)n3)cc2)C1. The van der Waals surface area contributed by atoms with Crippen LogP contribution in [-0.2, 0) is 16.1 Å². The lowest BCUT2D eigenvalue weighted by molar-refractivity contribution is -0.130. The highest BCUT2D eigenvalue weighted by Crippen LogP contribution is 2.17. The fourth-order valence-corrected chi connectivity index (χ4v) is 2.26. The summed E-state index contributed by atoms with van der Waals surface area (Å²) in [6.45, 7) is 5.28. The zero-order valence-corrected chi connectivity index (χ0v) is 13.2. The third-order valence-electron chi connectivity index (χ3n) is 3.52. The smallest absolute Gasteiger partial charge is 0.227 e. The van der Waals surface area contributed by atoms with E-state index in [-0.39, 0.29) is 5.91 Å². The first-order chi connectivity index (χ1) is 11.2. The minimum absolute atomic E-state index is 0.0867. The summed E-state index contributed by atoms with van der Waals surface area (Å²) in [5.74, 6) is 1.17. The molecule has 0 N–H and O–H groups in total. The molecule has 1 amide bonds. The Morgan fingerprint density at radius 1 is 1.35 bits per heavy atom. The average molecular weight is 314 g/mol. The second-order valence-electron chi connectivity index (χ2n) is 5.34. The molecule has 2 heterocycles. The van der Waals surface area contributed by atoms with Gasteiger partial charge in [0.05, 0.1) is 25.2 Å². The molecule has 120 valence electrons. The molecule has 1 aromatic heterocycles. The van der Waals surface area contributed by atoms with Crippen molar-refractivity contribution in [2.75, 3.05) is 19.7 Å². The average Bonchev–Trinajstić information content (AvgIpc) is 2.93. The molecule has 0 spiro atoms. The molecule has 1 aromatic carbocycles. The van der Waals surface area contributed by atoms with Crippen molar-refractivity contribution in [3.63, 3.8) is 0 Å². The monoisotopic (exact) mass is 314 g/mol. The summed E-state index contributed by atoms with van der Waals surface area (Å²) >= 11 is 0. The first-order valence-electron chi connectivity index (χ1n) is 7.51. The van der Waals surface area contributed by atoms with Crippen molar-refractivity contribution in [1.29, 1.82) is 0 Å². The van der Waals surface area contributed by atoms with Gasteiger partial charge < -0.3 is 14.3 Å². The Morgan fingerprint density at radius 3 is 2.70 bits per heavy atom. The topological polar surface area (TPSA) is 80.8 Å². The van der Waals surface area contributed by atoms with Gasteiger partial charge in [0, 0.05) is 12.5 Å². The molecule has 7 heteroatoms. The van der Waals surface area contributed by atoms with Crippen LogP contribution in [0.4, 0.5) is 0 Å². The van der Waals surface area contributed by atoms with Crippen LogP contribution in [0.3, 0.4) is 0 Å². The zero-order valence-electron chi connectivity index (χ0n) is 13.2. The molecular weight excluding hydrogens is 296 g/mol. The molecule has 1 fully saturated rings. The molecule has 0 aliphatic carbocycles. The van der Waals surface area contributed by atoms with Gasteiger partial charge in [-0.25, -0.2) is 0 Å². The number of rotatable bonds is 5. The molecule has 0 radical (unpaired) electrons. The van der Waals surface area contributed by atoms with Gasteiger partial charge >= 0.3 is 0 Å². The van der Waals surface area contributed by atoms with Crippen LogP contribution in [0.15, 0.2) is 33.9 Å². The number of aromatic nitrogens is 2. The van der Waals surface area contributed by atoms with Crippen LogP contribution in [0.5, 0.6) is 0 Å². The Balaban J connectivity index is 1.56.